The zero-order valence-corrected chi connectivity index (χ0v) is 21.9. The highest BCUT2D eigenvalue weighted by Crippen LogP contribution is 2.39. The van der Waals surface area contributed by atoms with Gasteiger partial charge in [-0.2, -0.15) is 0 Å². The van der Waals surface area contributed by atoms with Crippen molar-refractivity contribution in [3.63, 3.8) is 0 Å². The predicted octanol–water partition coefficient (Wildman–Crippen LogP) is 9.82. The van der Waals surface area contributed by atoms with Crippen LogP contribution >= 0.6 is 0 Å². The van der Waals surface area contributed by atoms with Crippen molar-refractivity contribution >= 4 is 54.6 Å². The molecule has 0 amide bonds. The Morgan fingerprint density at radius 3 is 2.05 bits per heavy atom. The van der Waals surface area contributed by atoms with Gasteiger partial charge in [-0.1, -0.05) is 96.9 Å². The van der Waals surface area contributed by atoms with Gasteiger partial charge in [-0.15, -0.1) is 0 Å². The Balaban J connectivity index is 1.37. The topological polar surface area (TPSA) is 65.0 Å². The molecule has 0 fully saturated rings. The van der Waals surface area contributed by atoms with E-state index in [9.17, 15) is 0 Å². The molecule has 3 heterocycles. The first kappa shape index (κ1) is 18.5. The minimum atomic E-state index is -0.493. The number of hydrogen-bond acceptors (Lipinski definition) is 5. The summed E-state index contributed by atoms with van der Waals surface area (Å²) in [5, 5.41) is 5.61. The maximum Gasteiger partial charge on any atom is 0.167 e. The lowest BCUT2D eigenvalue weighted by molar-refractivity contribution is 0.669. The van der Waals surface area contributed by atoms with Crippen molar-refractivity contribution in [2.24, 2.45) is 0 Å². The van der Waals surface area contributed by atoms with E-state index in [-0.39, 0.29) is 23.0 Å². The fourth-order valence-corrected chi connectivity index (χ4v) is 5.71. The van der Waals surface area contributed by atoms with Gasteiger partial charge in [0.25, 0.3) is 0 Å². The molecule has 3 aromatic heterocycles. The quantitative estimate of drug-likeness (QED) is 0.221. The number of nitrogens with zero attached hydrogens (tertiary/aromatic N) is 3. The van der Waals surface area contributed by atoms with Crippen LogP contribution in [0.15, 0.2) is 136 Å². The minimum absolute atomic E-state index is 0.0503. The summed E-state index contributed by atoms with van der Waals surface area (Å²) >= 11 is 0. The molecule has 0 radical (unpaired) electrons. The Kier molecular flexibility index (Phi) is 3.90. The first-order valence-corrected chi connectivity index (χ1v) is 13.5. The summed E-state index contributed by atoms with van der Waals surface area (Å²) in [7, 11) is 0. The fraction of sp³-hybridized carbons (Fsp3) is 0. The standard InChI is InChI=1S/C37H21N3O2/c1-2-10-22(11-3-1)35-38-36(27-16-9-19-31-33(27)26-14-6-7-18-30(26)41-31)40-37(39-35)28-17-8-15-25-29-20-23-12-4-5-13-24(23)21-32(29)42-34(25)28/h1-21H/i1D,2D,3D,10D,11D. The molecule has 0 saturated heterocycles. The van der Waals surface area contributed by atoms with Crippen LogP contribution in [0, 0.1) is 0 Å². The summed E-state index contributed by atoms with van der Waals surface area (Å²) in [6.45, 7) is 0. The maximum absolute atomic E-state index is 8.71. The zero-order chi connectivity index (χ0) is 32.0. The van der Waals surface area contributed by atoms with E-state index in [2.05, 4.69) is 12.1 Å². The lowest BCUT2D eigenvalue weighted by Crippen LogP contribution is -2.00. The Morgan fingerprint density at radius 2 is 1.17 bits per heavy atom. The molecule has 0 aliphatic rings. The van der Waals surface area contributed by atoms with Gasteiger partial charge in [0.15, 0.2) is 17.5 Å². The average Bonchev–Trinajstić information content (AvgIpc) is 3.66. The highest BCUT2D eigenvalue weighted by Gasteiger charge is 2.20. The lowest BCUT2D eigenvalue weighted by Gasteiger charge is -2.09. The van der Waals surface area contributed by atoms with Gasteiger partial charge in [0.05, 0.1) is 12.4 Å². The number of rotatable bonds is 3. The fourth-order valence-electron chi connectivity index (χ4n) is 5.71. The molecule has 6 aromatic carbocycles. The molecule has 0 unspecified atom stereocenters. The van der Waals surface area contributed by atoms with Gasteiger partial charge < -0.3 is 8.83 Å². The molecular weight excluding hydrogens is 518 g/mol. The molecule has 0 aliphatic carbocycles. The SMILES string of the molecule is [2H]c1c([2H])c([2H])c(-c2nc(-c3cccc4c3oc3cc5ccccc5cc34)nc(-c3cccc4oc5ccccc5c34)n2)c([2H])c1[2H]. The van der Waals surface area contributed by atoms with Crippen LogP contribution in [0.3, 0.4) is 0 Å². The van der Waals surface area contributed by atoms with E-state index >= 15 is 0 Å². The van der Waals surface area contributed by atoms with Crippen LogP contribution in [-0.4, -0.2) is 15.0 Å². The third-order valence-electron chi connectivity index (χ3n) is 7.61. The van der Waals surface area contributed by atoms with Gasteiger partial charge in [-0.05, 0) is 41.1 Å². The maximum atomic E-state index is 8.71. The third-order valence-corrected chi connectivity index (χ3v) is 7.61. The zero-order valence-electron chi connectivity index (χ0n) is 26.9. The van der Waals surface area contributed by atoms with Gasteiger partial charge in [-0.25, -0.2) is 15.0 Å². The summed E-state index contributed by atoms with van der Waals surface area (Å²) in [5.74, 6) is 0.439. The van der Waals surface area contributed by atoms with Crippen LogP contribution in [0.5, 0.6) is 0 Å². The van der Waals surface area contributed by atoms with Crippen LogP contribution in [0.1, 0.15) is 6.85 Å². The summed E-state index contributed by atoms with van der Waals surface area (Å²) in [5.41, 5.74) is 3.72. The molecule has 0 bridgehead atoms. The van der Waals surface area contributed by atoms with Crippen LogP contribution in [0.2, 0.25) is 0 Å². The largest absolute Gasteiger partial charge is 0.456 e. The van der Waals surface area contributed by atoms with Crippen LogP contribution in [0.4, 0.5) is 0 Å². The van der Waals surface area contributed by atoms with Gasteiger partial charge in [0.1, 0.15) is 22.3 Å². The van der Waals surface area contributed by atoms with Gasteiger partial charge in [-0.3, -0.25) is 0 Å². The second kappa shape index (κ2) is 8.85. The molecule has 0 atom stereocenters. The normalized spacial score (nSPS) is 13.5. The third kappa shape index (κ3) is 3.47. The van der Waals surface area contributed by atoms with E-state index in [1.165, 1.54) is 0 Å². The van der Waals surface area contributed by atoms with Crippen molar-refractivity contribution in [2.45, 2.75) is 0 Å². The molecule has 0 spiro atoms. The predicted molar refractivity (Wildman–Crippen MR) is 168 cm³/mol. The van der Waals surface area contributed by atoms with E-state index in [1.54, 1.807) is 0 Å². The first-order chi connectivity index (χ1) is 22.9. The van der Waals surface area contributed by atoms with Crippen LogP contribution in [0.25, 0.3) is 88.8 Å². The van der Waals surface area contributed by atoms with Crippen molar-refractivity contribution in [3.8, 4) is 34.2 Å². The van der Waals surface area contributed by atoms with Crippen LogP contribution in [-0.2, 0) is 0 Å². The summed E-state index contributed by atoms with van der Waals surface area (Å²) in [4.78, 5) is 14.5. The monoisotopic (exact) mass is 544 g/mol. The Morgan fingerprint density at radius 1 is 0.500 bits per heavy atom. The molecule has 196 valence electrons. The molecule has 5 nitrogen and oxygen atoms in total. The second-order valence-electron chi connectivity index (χ2n) is 10.1. The van der Waals surface area contributed by atoms with E-state index in [0.717, 1.165) is 32.3 Å². The highest BCUT2D eigenvalue weighted by molar-refractivity contribution is 6.14. The van der Waals surface area contributed by atoms with Crippen molar-refractivity contribution in [2.75, 3.05) is 0 Å². The van der Waals surface area contributed by atoms with Crippen molar-refractivity contribution in [1.29, 1.82) is 0 Å². The highest BCUT2D eigenvalue weighted by atomic mass is 16.3. The number of para-hydroxylation sites is 2. The first-order valence-electron chi connectivity index (χ1n) is 16.0. The van der Waals surface area contributed by atoms with E-state index in [4.69, 9.17) is 30.6 Å². The molecule has 9 rings (SSSR count). The van der Waals surface area contributed by atoms with E-state index in [0.29, 0.717) is 33.5 Å². The molecule has 0 aliphatic heterocycles. The summed E-state index contributed by atoms with van der Waals surface area (Å²) in [6.07, 6.45) is 0. The van der Waals surface area contributed by atoms with Crippen molar-refractivity contribution < 1.29 is 15.7 Å². The summed E-state index contributed by atoms with van der Waals surface area (Å²) < 4.78 is 54.8. The molecule has 9 aromatic rings. The van der Waals surface area contributed by atoms with Gasteiger partial charge >= 0.3 is 0 Å². The second-order valence-corrected chi connectivity index (χ2v) is 10.1. The average molecular weight is 545 g/mol. The van der Waals surface area contributed by atoms with Gasteiger partial charge in [0, 0.05) is 32.7 Å². The van der Waals surface area contributed by atoms with E-state index in [1.807, 2.05) is 84.9 Å². The molecular formula is C37H21N3O2. The van der Waals surface area contributed by atoms with E-state index < -0.39 is 30.2 Å². The Hall–Kier alpha value is -5.81. The Labute approximate surface area is 246 Å². The number of hydrogen-bond donors (Lipinski definition) is 0. The Bertz CT molecular complexity index is 2740. The number of benzene rings is 6. The molecule has 0 saturated carbocycles. The summed E-state index contributed by atoms with van der Waals surface area (Å²) in [6, 6.07) is 29.0. The van der Waals surface area contributed by atoms with Crippen LogP contribution < -0.4 is 0 Å². The smallest absolute Gasteiger partial charge is 0.167 e. The minimum Gasteiger partial charge on any atom is -0.456 e. The molecule has 42 heavy (non-hydrogen) atoms. The lowest BCUT2D eigenvalue weighted by atomic mass is 10.0. The van der Waals surface area contributed by atoms with Crippen molar-refractivity contribution in [3.05, 3.63) is 127 Å². The molecule has 5 heteroatoms. The van der Waals surface area contributed by atoms with Crippen molar-refractivity contribution in [1.82, 2.24) is 15.0 Å². The molecule has 0 N–H and O–H groups in total. The number of fused-ring (bicyclic) bond motifs is 7. The van der Waals surface area contributed by atoms with Gasteiger partial charge in [0.2, 0.25) is 0 Å². The number of furan rings is 2. The number of aromatic nitrogens is 3.